The molecule has 0 bridgehead atoms. The van der Waals surface area contributed by atoms with Crippen molar-refractivity contribution >= 4 is 148 Å². The summed E-state index contributed by atoms with van der Waals surface area (Å²) in [4.78, 5) is 111. The van der Waals surface area contributed by atoms with E-state index in [1.807, 2.05) is 10.6 Å². The first-order valence-corrected chi connectivity index (χ1v) is 35.5. The Morgan fingerprint density at radius 2 is 0.855 bits per heavy atom. The number of fused-ring (bicyclic) bond motifs is 5. The van der Waals surface area contributed by atoms with Crippen molar-refractivity contribution in [3.63, 3.8) is 0 Å². The average Bonchev–Trinajstić information content (AvgIpc) is 1.65. The van der Waals surface area contributed by atoms with Gasteiger partial charge in [-0.2, -0.15) is 52.7 Å². The molecule has 12 aromatic heterocycles. The van der Waals surface area contributed by atoms with Gasteiger partial charge in [0.1, 0.15) is 84.6 Å². The average molecular weight is 1740 g/mol. The SMILES string of the molecule is C[C@@H](Nc1ccnc(-c2c[nH]c3ncc(Cl)cc23)n1)C(=O)NCC(F)(F)F.C[C@@H](Nc1nc(-c2c[nH]c3ncc(Cl)cc23)nc2ccccc12)C(=O)NCC(F)(F)F.C[C@@H](Nc1nc(-c2c[nH]c3ncc(Cl)cc23)ncc1F)C(=O)NCC(F)(F)F.O=C(NCC(F)(F)F)[C@H]1C[C@@H](O)CN1c1nc(-c2c[nH]c3ncc(Cl)cc23)ncc1F.[HH].[HH].[HH].[HH].[HH].[HH].[HH].[HH]. The Balaban J connectivity index is 0.000000422. The van der Waals surface area contributed by atoms with Crippen molar-refractivity contribution in [2.75, 3.05) is 53.6 Å². The standard InChI is InChI=1S/C20H16ClF3N6O.C18H15ClF4N6O2.C16H13ClF4N6O.C16H14ClF3N6O.8H2/c1-10(19(31)27-9-20(22,23)24)28-17-12-4-2-3-5-15(12)29-18(30-17)14-8-26-16-13(14)6-11(21)7-25-16;19-8-1-10-11(4-25-14(10)24-3-8)15-26-5-12(20)16(28-15)29-6-9(30)2-13(29)17(31)27-7-18(21,22)23;1-7(15(28)25-6-16(19,20)21)26-14-11(18)5-24-13(27-14)10-4-23-12-9(10)2-8(17)3-22-12;1-8(15(27)24-7-16(18,19)20)25-12-2-3-21-14(26-12)11-6-23-13-10(11)4-9(17)5-22-13;;;;;;;;/h2-8,10H,9H2,1H3,(H,25,26)(H,27,31)(H,28,29,30);1,3-5,9,13,30H,2,6-7H2,(H,24,25)(H,27,31);2-5,7H,6H2,1H3,(H,22,23)(H,25,28)(H,24,26,27);2-6,8H,7H2,1H3,(H,22,23)(H,24,27)(H,21,25,26);8*1H/t10-;9-,13-;7-;8-;;;;;;;;/m1111......../s1. The minimum absolute atomic E-state index is 0. The van der Waals surface area contributed by atoms with Crippen LogP contribution in [0.4, 0.5) is 84.7 Å². The van der Waals surface area contributed by atoms with Crippen LogP contribution in [0.25, 0.3) is 101 Å². The molecule has 13 aromatic rings. The number of aliphatic hydroxyl groups excluding tert-OH is 1. The van der Waals surface area contributed by atoms with Gasteiger partial charge < -0.3 is 67.2 Å². The Bertz CT molecular complexity index is 5840. The van der Waals surface area contributed by atoms with Crippen LogP contribution < -0.4 is 42.1 Å². The molecule has 13 heterocycles. The molecule has 5 atom stereocenters. The number of nitrogens with one attached hydrogen (secondary N) is 11. The number of rotatable bonds is 19. The number of benzene rings is 1. The maximum absolute atomic E-state index is 14.6. The molecule has 47 heteroatoms. The zero-order valence-corrected chi connectivity index (χ0v) is 62.9. The number of hydrogen-bond acceptors (Lipinski definition) is 21. The molecule has 0 aliphatic carbocycles. The topological polar surface area (TPSA) is 394 Å². The number of H-pyrrole nitrogens is 4. The lowest BCUT2D eigenvalue weighted by Crippen LogP contribution is -2.46. The molecule has 1 aliphatic heterocycles. The number of halogens is 18. The van der Waals surface area contributed by atoms with Crippen molar-refractivity contribution in [3.05, 3.63) is 154 Å². The summed E-state index contributed by atoms with van der Waals surface area (Å²) >= 11 is 24.0. The molecule has 29 nitrogen and oxygen atoms in total. The fraction of sp³-hybridized carbons (Fsp3) is 0.257. The maximum atomic E-state index is 14.6. The Morgan fingerprint density at radius 1 is 0.470 bits per heavy atom. The van der Waals surface area contributed by atoms with Gasteiger partial charge in [0.2, 0.25) is 23.6 Å². The second-order valence-electron chi connectivity index (χ2n) is 25.4. The van der Waals surface area contributed by atoms with Crippen molar-refractivity contribution in [2.45, 2.75) is 82.2 Å². The van der Waals surface area contributed by atoms with Gasteiger partial charge in [-0.25, -0.2) is 68.6 Å². The second-order valence-corrected chi connectivity index (χ2v) is 27.2. The molecule has 0 unspecified atom stereocenters. The van der Waals surface area contributed by atoms with Gasteiger partial charge in [0.25, 0.3) is 0 Å². The fourth-order valence-electron chi connectivity index (χ4n) is 11.3. The summed E-state index contributed by atoms with van der Waals surface area (Å²) in [6.07, 6.45) is -3.68. The maximum Gasteiger partial charge on any atom is 0.405 e. The summed E-state index contributed by atoms with van der Waals surface area (Å²) in [5.41, 5.74) is 5.07. The number of aliphatic hydroxyl groups is 1. The first kappa shape index (κ1) is 85.7. The van der Waals surface area contributed by atoms with Crippen molar-refractivity contribution in [2.24, 2.45) is 0 Å². The first-order chi connectivity index (χ1) is 55.2. The second kappa shape index (κ2) is 35.9. The van der Waals surface area contributed by atoms with Crippen LogP contribution >= 0.6 is 46.4 Å². The zero-order valence-electron chi connectivity index (χ0n) is 59.9. The van der Waals surface area contributed by atoms with E-state index in [4.69, 9.17) is 46.4 Å². The molecular weight excluding hydrogens is 1660 g/mol. The quantitative estimate of drug-likeness (QED) is 0.0335. The predicted molar refractivity (Wildman–Crippen MR) is 420 cm³/mol. The Labute approximate surface area is 679 Å². The highest BCUT2D eigenvalue weighted by molar-refractivity contribution is 6.32. The summed E-state index contributed by atoms with van der Waals surface area (Å²) in [6.45, 7) is -1.83. The van der Waals surface area contributed by atoms with E-state index >= 15 is 0 Å². The van der Waals surface area contributed by atoms with Crippen molar-refractivity contribution < 1.29 is 97.2 Å². The van der Waals surface area contributed by atoms with Gasteiger partial charge in [-0.05, 0) is 63.2 Å². The number of carbonyl (C=O) groups excluding carboxylic acids is 4. The van der Waals surface area contributed by atoms with E-state index in [1.165, 1.54) is 57.8 Å². The van der Waals surface area contributed by atoms with Crippen LogP contribution in [0.1, 0.15) is 38.6 Å². The van der Waals surface area contributed by atoms with Gasteiger partial charge in [0.05, 0.1) is 44.1 Å². The Kier molecular flexibility index (Phi) is 26.3. The number of alkyl halides is 12. The molecule has 12 N–H and O–H groups in total. The van der Waals surface area contributed by atoms with Gasteiger partial charge >= 0.3 is 24.7 Å². The number of carbonyl (C=O) groups is 4. The number of β-amino-alcohol motifs (C(OH)–C–C–N with tert-alkyl or cyclic N) is 1. The molecule has 1 fully saturated rings. The van der Waals surface area contributed by atoms with E-state index in [0.717, 1.165) is 22.7 Å². The third kappa shape index (κ3) is 22.5. The number of hydrogen-bond donors (Lipinski definition) is 12. The van der Waals surface area contributed by atoms with Crippen molar-refractivity contribution in [3.8, 4) is 45.6 Å². The number of aromatic amines is 4. The molecule has 1 saturated heterocycles. The number of aromatic nitrogens is 16. The normalized spacial score (nSPS) is 14.5. The van der Waals surface area contributed by atoms with Crippen LogP contribution in [0, 0.1) is 11.6 Å². The first-order valence-electron chi connectivity index (χ1n) is 34.0. The van der Waals surface area contributed by atoms with Crippen LogP contribution in [0.3, 0.4) is 0 Å². The highest BCUT2D eigenvalue weighted by Crippen LogP contribution is 2.36. The number of para-hydroxylation sites is 1. The van der Waals surface area contributed by atoms with Gasteiger partial charge in [-0.3, -0.25) is 19.2 Å². The smallest absolute Gasteiger partial charge is 0.391 e. The summed E-state index contributed by atoms with van der Waals surface area (Å²) in [5.74, 6) is -4.43. The molecule has 0 saturated carbocycles. The van der Waals surface area contributed by atoms with Crippen molar-refractivity contribution in [1.29, 1.82) is 0 Å². The molecule has 4 amide bonds. The van der Waals surface area contributed by atoms with E-state index in [0.29, 0.717) is 115 Å². The van der Waals surface area contributed by atoms with E-state index in [-0.39, 0.29) is 47.7 Å². The highest BCUT2D eigenvalue weighted by Gasteiger charge is 2.41. The molecule has 14 rings (SSSR count). The van der Waals surface area contributed by atoms with Gasteiger partial charge in [-0.15, -0.1) is 0 Å². The number of pyridine rings is 4. The number of anilines is 4. The minimum Gasteiger partial charge on any atom is -0.391 e. The van der Waals surface area contributed by atoms with E-state index < -0.39 is 116 Å². The zero-order chi connectivity index (χ0) is 84.6. The lowest BCUT2D eigenvalue weighted by molar-refractivity contribution is -0.139. The highest BCUT2D eigenvalue weighted by atomic mass is 35.5. The van der Waals surface area contributed by atoms with Crippen molar-refractivity contribution in [1.82, 2.24) is 101 Å². The lowest BCUT2D eigenvalue weighted by Gasteiger charge is -2.25. The van der Waals surface area contributed by atoms with Gasteiger partial charge in [0.15, 0.2) is 46.6 Å². The summed E-state index contributed by atoms with van der Waals surface area (Å²) in [5, 5.41) is 30.1. The van der Waals surface area contributed by atoms with E-state index in [1.54, 1.807) is 84.0 Å². The molecular formula is C70H74Cl4F14N24O5. The summed E-state index contributed by atoms with van der Waals surface area (Å²) in [7, 11) is 0. The van der Waals surface area contributed by atoms with E-state index in [9.17, 15) is 85.8 Å². The molecule has 0 spiro atoms. The predicted octanol–water partition coefficient (Wildman–Crippen LogP) is 15.1. The fourth-order valence-corrected chi connectivity index (χ4v) is 11.9. The van der Waals surface area contributed by atoms with Crippen LogP contribution in [0.5, 0.6) is 0 Å². The minimum atomic E-state index is -4.60. The number of amides is 4. The Morgan fingerprint density at radius 3 is 1.31 bits per heavy atom. The third-order valence-electron chi connectivity index (χ3n) is 16.6. The largest absolute Gasteiger partial charge is 0.405 e. The van der Waals surface area contributed by atoms with Gasteiger partial charge in [-0.1, -0.05) is 58.5 Å². The molecule has 630 valence electrons. The lowest BCUT2D eigenvalue weighted by atomic mass is 10.1. The van der Waals surface area contributed by atoms with Crippen LogP contribution in [-0.4, -0.2) is 196 Å². The summed E-state index contributed by atoms with van der Waals surface area (Å²) < 4.78 is 176. The van der Waals surface area contributed by atoms with Gasteiger partial charge in [0, 0.05) is 129 Å². The molecule has 117 heavy (non-hydrogen) atoms. The molecule has 0 radical (unpaired) electrons. The van der Waals surface area contributed by atoms with Crippen LogP contribution in [-0.2, 0) is 19.2 Å². The monoisotopic (exact) mass is 1740 g/mol. The molecule has 1 aliphatic rings. The molecule has 1 aromatic carbocycles. The van der Waals surface area contributed by atoms with E-state index in [2.05, 4.69) is 95.7 Å². The van der Waals surface area contributed by atoms with Crippen LogP contribution in [0.15, 0.2) is 123 Å². The van der Waals surface area contributed by atoms with Crippen LogP contribution in [0.2, 0.25) is 20.1 Å². The summed E-state index contributed by atoms with van der Waals surface area (Å²) in [6, 6.07) is 11.0. The number of nitrogens with zero attached hydrogens (tertiary/aromatic N) is 13. The Hall–Kier alpha value is -12.2. The third-order valence-corrected chi connectivity index (χ3v) is 17.5.